The average Bonchev–Trinajstić information content (AvgIpc) is 3.46. The number of ether oxygens (including phenoxy) is 1. The van der Waals surface area contributed by atoms with E-state index in [1.54, 1.807) is 73.0 Å². The number of amides is 1. The van der Waals surface area contributed by atoms with Crippen molar-refractivity contribution in [2.45, 2.75) is 23.8 Å². The highest BCUT2D eigenvalue weighted by molar-refractivity contribution is 8.17. The summed E-state index contributed by atoms with van der Waals surface area (Å²) in [6.07, 6.45) is 5.34. The zero-order valence-corrected chi connectivity index (χ0v) is 21.2. The molecule has 0 aromatic heterocycles. The van der Waals surface area contributed by atoms with Crippen LogP contribution in [0.3, 0.4) is 0 Å². The lowest BCUT2D eigenvalue weighted by atomic mass is 9.87. The molecule has 1 aliphatic carbocycles. The molecule has 1 saturated carbocycles. The molecule has 186 valence electrons. The Kier molecular flexibility index (Phi) is 8.32. The van der Waals surface area contributed by atoms with Gasteiger partial charge in [-0.3, -0.25) is 4.79 Å². The van der Waals surface area contributed by atoms with Crippen molar-refractivity contribution in [3.8, 4) is 0 Å². The largest absolute Gasteiger partial charge is 0.480 e. The number of nitrogens with one attached hydrogen (secondary N) is 1. The zero-order chi connectivity index (χ0) is 25.7. The number of hydrogen-bond acceptors (Lipinski definition) is 6. The Labute approximate surface area is 213 Å². The lowest BCUT2D eigenvalue weighted by Gasteiger charge is -2.24. The van der Waals surface area contributed by atoms with Gasteiger partial charge in [0.05, 0.1) is 6.61 Å². The summed E-state index contributed by atoms with van der Waals surface area (Å²) >= 11 is 6.85. The molecule has 0 heterocycles. The minimum absolute atomic E-state index is 0.0109. The van der Waals surface area contributed by atoms with Gasteiger partial charge in [0.2, 0.25) is 10.0 Å². The third kappa shape index (κ3) is 5.90. The van der Waals surface area contributed by atoms with Crippen molar-refractivity contribution >= 4 is 51.5 Å². The number of rotatable bonds is 11. The van der Waals surface area contributed by atoms with Crippen molar-refractivity contribution < 1.29 is 27.9 Å². The van der Waals surface area contributed by atoms with Crippen LogP contribution in [-0.2, 0) is 25.0 Å². The molecule has 1 amide bonds. The summed E-state index contributed by atoms with van der Waals surface area (Å²) in [5.41, 5.74) is 3.55. The number of primary amides is 1. The molecule has 0 bridgehead atoms. The van der Waals surface area contributed by atoms with Gasteiger partial charge in [-0.25, -0.2) is 13.2 Å². The standard InChI is InChI=1S/C24H25ClN2O6S2/c1-34-20(9-5-6-17-10-12-19(25)13-11-17)35(31,32)27-24(21(28)29)16-23(24,14-15-33-22(26)30)18-7-3-2-4-8-18/h2-13,27H,14-16H2,1H3,(H2,26,30)(H,28,29)/b6-5+,20-9+. The van der Waals surface area contributed by atoms with Crippen molar-refractivity contribution in [1.82, 2.24) is 4.72 Å². The van der Waals surface area contributed by atoms with Gasteiger partial charge in [0.1, 0.15) is 9.78 Å². The van der Waals surface area contributed by atoms with Crippen LogP contribution >= 0.6 is 23.4 Å². The number of benzene rings is 2. The Morgan fingerprint density at radius 3 is 2.43 bits per heavy atom. The molecule has 4 N–H and O–H groups in total. The number of halogens is 1. The van der Waals surface area contributed by atoms with Crippen LogP contribution in [0.4, 0.5) is 4.79 Å². The fourth-order valence-electron chi connectivity index (χ4n) is 4.10. The Hall–Kier alpha value is -2.79. The van der Waals surface area contributed by atoms with Crippen LogP contribution in [0.1, 0.15) is 24.0 Å². The SMILES string of the molecule is CS/C(=C\C=C\c1ccc(Cl)cc1)S(=O)(=O)NC1(C(=O)O)CC1(CCOC(N)=O)c1ccccc1. The fraction of sp³-hybridized carbons (Fsp3) is 0.250. The number of carbonyl (C=O) groups excluding carboxylic acids is 1. The number of sulfonamides is 1. The lowest BCUT2D eigenvalue weighted by molar-refractivity contribution is -0.140. The molecular weight excluding hydrogens is 512 g/mol. The van der Waals surface area contributed by atoms with Crippen molar-refractivity contribution in [1.29, 1.82) is 0 Å². The van der Waals surface area contributed by atoms with Crippen molar-refractivity contribution in [2.75, 3.05) is 12.9 Å². The van der Waals surface area contributed by atoms with Gasteiger partial charge in [0, 0.05) is 10.4 Å². The van der Waals surface area contributed by atoms with Crippen molar-refractivity contribution in [2.24, 2.45) is 5.73 Å². The molecular formula is C24H25ClN2O6S2. The van der Waals surface area contributed by atoms with E-state index in [4.69, 9.17) is 22.1 Å². The predicted octanol–water partition coefficient (Wildman–Crippen LogP) is 4.13. The third-order valence-corrected chi connectivity index (χ3v) is 9.12. The highest BCUT2D eigenvalue weighted by Crippen LogP contribution is 2.60. The van der Waals surface area contributed by atoms with E-state index in [1.807, 2.05) is 0 Å². The summed E-state index contributed by atoms with van der Waals surface area (Å²) in [5, 5.41) is 10.7. The van der Waals surface area contributed by atoms with Crippen molar-refractivity contribution in [3.05, 3.63) is 87.1 Å². The zero-order valence-electron chi connectivity index (χ0n) is 18.8. The van der Waals surface area contributed by atoms with Gasteiger partial charge in [-0.2, -0.15) is 4.72 Å². The van der Waals surface area contributed by atoms with Gasteiger partial charge in [0.15, 0.2) is 0 Å². The van der Waals surface area contributed by atoms with E-state index in [0.717, 1.165) is 17.3 Å². The van der Waals surface area contributed by atoms with Gasteiger partial charge in [-0.05, 0) is 48.4 Å². The molecule has 35 heavy (non-hydrogen) atoms. The van der Waals surface area contributed by atoms with E-state index in [1.165, 1.54) is 6.08 Å². The first-order valence-electron chi connectivity index (χ1n) is 10.5. The number of thioether (sulfide) groups is 1. The number of carbonyl (C=O) groups is 2. The highest BCUT2D eigenvalue weighted by atomic mass is 35.5. The molecule has 3 rings (SSSR count). The van der Waals surface area contributed by atoms with Gasteiger partial charge in [-0.1, -0.05) is 66.2 Å². The maximum atomic E-state index is 13.3. The molecule has 8 nitrogen and oxygen atoms in total. The number of carboxylic acids is 1. The summed E-state index contributed by atoms with van der Waals surface area (Å²) in [4.78, 5) is 23.5. The van der Waals surface area contributed by atoms with Crippen molar-refractivity contribution in [3.63, 3.8) is 0 Å². The second-order valence-electron chi connectivity index (χ2n) is 7.96. The average molecular weight is 537 g/mol. The van der Waals surface area contributed by atoms with E-state index in [9.17, 15) is 23.1 Å². The van der Waals surface area contributed by atoms with E-state index in [2.05, 4.69) is 4.72 Å². The molecule has 2 unspecified atom stereocenters. The summed E-state index contributed by atoms with van der Waals surface area (Å²) in [7, 11) is -4.21. The maximum absolute atomic E-state index is 13.3. The number of hydrogen-bond donors (Lipinski definition) is 3. The van der Waals surface area contributed by atoms with Crippen LogP contribution in [0.15, 0.2) is 71.0 Å². The van der Waals surface area contributed by atoms with Gasteiger partial charge >= 0.3 is 12.1 Å². The second kappa shape index (κ2) is 10.9. The lowest BCUT2D eigenvalue weighted by Crippen LogP contribution is -2.49. The summed E-state index contributed by atoms with van der Waals surface area (Å²) in [5.74, 6) is -1.32. The van der Waals surface area contributed by atoms with Crippen LogP contribution in [0.25, 0.3) is 6.08 Å². The molecule has 1 fully saturated rings. The first kappa shape index (κ1) is 26.8. The van der Waals surface area contributed by atoms with E-state index >= 15 is 0 Å². The first-order valence-corrected chi connectivity index (χ1v) is 13.6. The molecule has 11 heteroatoms. The van der Waals surface area contributed by atoms with Gasteiger partial charge < -0.3 is 15.6 Å². The first-order chi connectivity index (χ1) is 16.6. The Bertz CT molecular complexity index is 1250. The fourth-order valence-corrected chi connectivity index (χ4v) is 6.62. The maximum Gasteiger partial charge on any atom is 0.404 e. The van der Waals surface area contributed by atoms with Crippen LogP contribution < -0.4 is 10.5 Å². The van der Waals surface area contributed by atoms with E-state index in [0.29, 0.717) is 10.6 Å². The summed E-state index contributed by atoms with van der Waals surface area (Å²) in [6.45, 7) is -0.157. The Morgan fingerprint density at radius 1 is 1.20 bits per heavy atom. The number of allylic oxidation sites excluding steroid dienone is 2. The Balaban J connectivity index is 1.91. The van der Waals surface area contributed by atoms with Crippen LogP contribution in [0.5, 0.6) is 0 Å². The smallest absolute Gasteiger partial charge is 0.404 e. The second-order valence-corrected chi connectivity index (χ2v) is 11.2. The number of carboxylic acid groups (broad SMARTS) is 1. The monoisotopic (exact) mass is 536 g/mol. The molecule has 0 radical (unpaired) electrons. The molecule has 2 aromatic rings. The predicted molar refractivity (Wildman–Crippen MR) is 137 cm³/mol. The van der Waals surface area contributed by atoms with Gasteiger partial charge in [0.25, 0.3) is 0 Å². The topological polar surface area (TPSA) is 136 Å². The normalized spacial score (nSPS) is 22.2. The molecule has 0 spiro atoms. The molecule has 2 atom stereocenters. The minimum atomic E-state index is -4.21. The van der Waals surface area contributed by atoms with Crippen LogP contribution in [-0.4, -0.2) is 44.0 Å². The highest BCUT2D eigenvalue weighted by Gasteiger charge is 2.74. The third-order valence-electron chi connectivity index (χ3n) is 5.89. The molecule has 1 aliphatic rings. The van der Waals surface area contributed by atoms with E-state index in [-0.39, 0.29) is 23.7 Å². The molecule has 2 aromatic carbocycles. The number of nitrogens with two attached hydrogens (primary N) is 1. The van der Waals surface area contributed by atoms with Crippen LogP contribution in [0.2, 0.25) is 5.02 Å². The van der Waals surface area contributed by atoms with Crippen LogP contribution in [0, 0.1) is 0 Å². The Morgan fingerprint density at radius 2 is 1.86 bits per heavy atom. The quantitative estimate of drug-likeness (QED) is 0.367. The molecule has 0 aliphatic heterocycles. The summed E-state index contributed by atoms with van der Waals surface area (Å²) in [6, 6.07) is 15.7. The van der Waals surface area contributed by atoms with Gasteiger partial charge in [-0.15, -0.1) is 11.8 Å². The minimum Gasteiger partial charge on any atom is -0.480 e. The number of aliphatic carboxylic acids is 1. The molecule has 0 saturated heterocycles. The summed E-state index contributed by atoms with van der Waals surface area (Å²) < 4.78 is 33.8. The van der Waals surface area contributed by atoms with E-state index < -0.39 is 33.0 Å².